The zero-order valence-electron chi connectivity index (χ0n) is 11.0. The summed E-state index contributed by atoms with van der Waals surface area (Å²) in [6.45, 7) is 0.296. The lowest BCUT2D eigenvalue weighted by Gasteiger charge is -2.23. The van der Waals surface area contributed by atoms with Crippen LogP contribution in [0.5, 0.6) is 0 Å². The molecule has 0 aliphatic carbocycles. The van der Waals surface area contributed by atoms with Gasteiger partial charge in [0.05, 0.1) is 22.0 Å². The van der Waals surface area contributed by atoms with Gasteiger partial charge >= 0.3 is 0 Å². The van der Waals surface area contributed by atoms with E-state index < -0.39 is 6.04 Å². The van der Waals surface area contributed by atoms with E-state index in [0.717, 1.165) is 0 Å². The van der Waals surface area contributed by atoms with Gasteiger partial charge in [-0.2, -0.15) is 5.26 Å². The highest BCUT2D eigenvalue weighted by atomic mass is 35.5. The molecule has 2 unspecified atom stereocenters. The molecule has 1 aliphatic rings. The highest BCUT2D eigenvalue weighted by Gasteiger charge is 2.26. The molecular weight excluding hydrogens is 313 g/mol. The van der Waals surface area contributed by atoms with E-state index in [4.69, 9.17) is 23.2 Å². The minimum Gasteiger partial charge on any atom is -0.355 e. The second kappa shape index (κ2) is 6.79. The number of nitrogens with one attached hydrogen (secondary N) is 2. The standard InChI is InChI=1S/C14H13Cl2N3O2/c15-10-3-1-8(5-11(10)16)12(6-17)19-14(21)9-2-4-13(20)18-7-9/h1,3,5,9,12H,2,4,7H2,(H,18,20)(H,19,21). The lowest BCUT2D eigenvalue weighted by Crippen LogP contribution is -2.43. The molecular formula is C14H13Cl2N3O2. The fourth-order valence-electron chi connectivity index (χ4n) is 2.10. The maximum atomic E-state index is 12.1. The Morgan fingerprint density at radius 1 is 1.43 bits per heavy atom. The van der Waals surface area contributed by atoms with Crippen molar-refractivity contribution in [1.29, 1.82) is 5.26 Å². The van der Waals surface area contributed by atoms with Gasteiger partial charge in [0.25, 0.3) is 0 Å². The Morgan fingerprint density at radius 2 is 2.19 bits per heavy atom. The molecule has 1 fully saturated rings. The van der Waals surface area contributed by atoms with Crippen LogP contribution in [-0.2, 0) is 9.59 Å². The summed E-state index contributed by atoms with van der Waals surface area (Å²) in [5, 5.41) is 15.2. The second-order valence-electron chi connectivity index (χ2n) is 4.78. The van der Waals surface area contributed by atoms with Crippen molar-refractivity contribution in [3.05, 3.63) is 33.8 Å². The van der Waals surface area contributed by atoms with Crippen molar-refractivity contribution >= 4 is 35.0 Å². The smallest absolute Gasteiger partial charge is 0.226 e. The van der Waals surface area contributed by atoms with Crippen LogP contribution < -0.4 is 10.6 Å². The van der Waals surface area contributed by atoms with E-state index in [2.05, 4.69) is 10.6 Å². The molecule has 0 radical (unpaired) electrons. The van der Waals surface area contributed by atoms with E-state index >= 15 is 0 Å². The predicted molar refractivity (Wildman–Crippen MR) is 78.7 cm³/mol. The Bertz CT molecular complexity index is 603. The van der Waals surface area contributed by atoms with Crippen molar-refractivity contribution in [1.82, 2.24) is 10.6 Å². The molecule has 5 nitrogen and oxygen atoms in total. The van der Waals surface area contributed by atoms with Gasteiger partial charge in [0, 0.05) is 13.0 Å². The molecule has 0 spiro atoms. The third-order valence-electron chi connectivity index (χ3n) is 3.33. The fraction of sp³-hybridized carbons (Fsp3) is 0.357. The molecule has 1 aromatic carbocycles. The van der Waals surface area contributed by atoms with Gasteiger partial charge in [-0.15, -0.1) is 0 Å². The number of benzene rings is 1. The lowest BCUT2D eigenvalue weighted by atomic mass is 9.97. The van der Waals surface area contributed by atoms with Crippen LogP contribution in [0.2, 0.25) is 10.0 Å². The molecule has 1 aliphatic heterocycles. The highest BCUT2D eigenvalue weighted by molar-refractivity contribution is 6.42. The van der Waals surface area contributed by atoms with E-state index in [1.807, 2.05) is 6.07 Å². The van der Waals surface area contributed by atoms with Gasteiger partial charge in [0.2, 0.25) is 11.8 Å². The van der Waals surface area contributed by atoms with Gasteiger partial charge in [-0.25, -0.2) is 0 Å². The Morgan fingerprint density at radius 3 is 2.76 bits per heavy atom. The Kier molecular flexibility index (Phi) is 5.05. The lowest BCUT2D eigenvalue weighted by molar-refractivity contribution is -0.129. The Labute approximate surface area is 132 Å². The number of nitrogens with zero attached hydrogens (tertiary/aromatic N) is 1. The Hall–Kier alpha value is -1.77. The van der Waals surface area contributed by atoms with E-state index in [1.165, 1.54) is 0 Å². The molecule has 2 rings (SSSR count). The summed E-state index contributed by atoms with van der Waals surface area (Å²) in [6, 6.07) is 6.00. The zero-order chi connectivity index (χ0) is 15.4. The third kappa shape index (κ3) is 3.87. The largest absolute Gasteiger partial charge is 0.355 e. The predicted octanol–water partition coefficient (Wildman–Crippen LogP) is 2.20. The van der Waals surface area contributed by atoms with Crippen molar-refractivity contribution in [3.63, 3.8) is 0 Å². The van der Waals surface area contributed by atoms with Crippen LogP contribution in [-0.4, -0.2) is 18.4 Å². The molecule has 21 heavy (non-hydrogen) atoms. The van der Waals surface area contributed by atoms with Crippen LogP contribution in [0.15, 0.2) is 18.2 Å². The van der Waals surface area contributed by atoms with Gasteiger partial charge in [-0.05, 0) is 24.1 Å². The van der Waals surface area contributed by atoms with E-state index in [-0.39, 0.29) is 17.7 Å². The number of carbonyl (C=O) groups excluding carboxylic acids is 2. The van der Waals surface area contributed by atoms with Crippen LogP contribution in [0, 0.1) is 17.2 Å². The summed E-state index contributed by atoms with van der Waals surface area (Å²) in [4.78, 5) is 23.2. The van der Waals surface area contributed by atoms with E-state index in [0.29, 0.717) is 35.0 Å². The average Bonchev–Trinajstić information content (AvgIpc) is 2.48. The molecule has 0 bridgehead atoms. The maximum Gasteiger partial charge on any atom is 0.226 e. The van der Waals surface area contributed by atoms with Gasteiger partial charge in [-0.1, -0.05) is 29.3 Å². The number of halogens is 2. The zero-order valence-corrected chi connectivity index (χ0v) is 12.5. The van der Waals surface area contributed by atoms with Crippen molar-refractivity contribution in [2.75, 3.05) is 6.54 Å². The number of nitriles is 1. The van der Waals surface area contributed by atoms with Gasteiger partial charge in [0.15, 0.2) is 0 Å². The summed E-state index contributed by atoms with van der Waals surface area (Å²) >= 11 is 11.7. The normalized spacial score (nSPS) is 19.3. The van der Waals surface area contributed by atoms with Crippen LogP contribution >= 0.6 is 23.2 Å². The van der Waals surface area contributed by atoms with Crippen molar-refractivity contribution in [2.24, 2.45) is 5.92 Å². The van der Waals surface area contributed by atoms with Crippen LogP contribution in [0.25, 0.3) is 0 Å². The number of hydrogen-bond donors (Lipinski definition) is 2. The van der Waals surface area contributed by atoms with Crippen molar-refractivity contribution in [3.8, 4) is 6.07 Å². The summed E-state index contributed by atoms with van der Waals surface area (Å²) in [5.74, 6) is -0.630. The van der Waals surface area contributed by atoms with Crippen LogP contribution in [0.1, 0.15) is 24.4 Å². The summed E-state index contributed by atoms with van der Waals surface area (Å²) in [6.07, 6.45) is 0.805. The Balaban J connectivity index is 2.05. The first-order valence-corrected chi connectivity index (χ1v) is 7.18. The molecule has 0 saturated carbocycles. The minimum atomic E-state index is -0.801. The van der Waals surface area contributed by atoms with Crippen LogP contribution in [0.3, 0.4) is 0 Å². The summed E-state index contributed by atoms with van der Waals surface area (Å²) in [5.41, 5.74) is 0.570. The first kappa shape index (κ1) is 15.6. The van der Waals surface area contributed by atoms with E-state index in [9.17, 15) is 14.9 Å². The SMILES string of the molecule is N#CC(NC(=O)C1CCC(=O)NC1)c1ccc(Cl)c(Cl)c1. The molecule has 110 valence electrons. The average molecular weight is 326 g/mol. The summed E-state index contributed by atoms with van der Waals surface area (Å²) < 4.78 is 0. The third-order valence-corrected chi connectivity index (χ3v) is 4.07. The van der Waals surface area contributed by atoms with Gasteiger partial charge < -0.3 is 10.6 Å². The molecule has 0 aromatic heterocycles. The topological polar surface area (TPSA) is 82.0 Å². The number of piperidine rings is 1. The fourth-order valence-corrected chi connectivity index (χ4v) is 2.41. The van der Waals surface area contributed by atoms with Gasteiger partial charge in [0.1, 0.15) is 6.04 Å². The maximum absolute atomic E-state index is 12.1. The van der Waals surface area contributed by atoms with Crippen molar-refractivity contribution < 1.29 is 9.59 Å². The number of carbonyl (C=O) groups is 2. The molecule has 1 aromatic rings. The molecule has 2 atom stereocenters. The van der Waals surface area contributed by atoms with Crippen LogP contribution in [0.4, 0.5) is 0 Å². The van der Waals surface area contributed by atoms with Crippen molar-refractivity contribution in [2.45, 2.75) is 18.9 Å². The first-order chi connectivity index (χ1) is 10.0. The monoisotopic (exact) mass is 325 g/mol. The van der Waals surface area contributed by atoms with E-state index in [1.54, 1.807) is 18.2 Å². The number of amides is 2. The second-order valence-corrected chi connectivity index (χ2v) is 5.60. The number of rotatable bonds is 3. The quantitative estimate of drug-likeness (QED) is 0.893. The molecule has 1 saturated heterocycles. The minimum absolute atomic E-state index is 0.0552. The molecule has 2 N–H and O–H groups in total. The molecule has 1 heterocycles. The summed E-state index contributed by atoms with van der Waals surface area (Å²) in [7, 11) is 0. The number of hydrogen-bond acceptors (Lipinski definition) is 3. The molecule has 7 heteroatoms. The van der Waals surface area contributed by atoms with Gasteiger partial charge in [-0.3, -0.25) is 9.59 Å². The highest BCUT2D eigenvalue weighted by Crippen LogP contribution is 2.25. The first-order valence-electron chi connectivity index (χ1n) is 6.43. The molecule has 2 amide bonds.